The molecule has 1 heterocycles. The summed E-state index contributed by atoms with van der Waals surface area (Å²) < 4.78 is 12.9. The lowest BCUT2D eigenvalue weighted by Crippen LogP contribution is -2.07. The van der Waals surface area contributed by atoms with Crippen LogP contribution in [-0.2, 0) is 11.0 Å². The monoisotopic (exact) mass is 133 g/mol. The smallest absolute Gasteiger partial charge is 0.142 e. The molecule has 3 N–H and O–H groups in total. The lowest BCUT2D eigenvalue weighted by Gasteiger charge is -1.94. The zero-order valence-electron chi connectivity index (χ0n) is 4.13. The van der Waals surface area contributed by atoms with E-state index >= 15 is 0 Å². The lowest BCUT2D eigenvalue weighted by molar-refractivity contribution is 0.685. The molecule has 8 heavy (non-hydrogen) atoms. The molecule has 1 atom stereocenters. The average Bonchev–Trinajstić information content (AvgIpc) is 1.69. The van der Waals surface area contributed by atoms with Gasteiger partial charge in [-0.05, 0) is 6.08 Å². The lowest BCUT2D eigenvalue weighted by atomic mass is 10.6. The van der Waals surface area contributed by atoms with Crippen LogP contribution in [0.5, 0.6) is 0 Å². The second-order valence-corrected chi connectivity index (χ2v) is 2.21. The van der Waals surface area contributed by atoms with Crippen LogP contribution < -0.4 is 4.72 Å². The highest BCUT2D eigenvalue weighted by Crippen LogP contribution is 1.86. The third kappa shape index (κ3) is 1.90. The van der Waals surface area contributed by atoms with Gasteiger partial charge in [-0.1, -0.05) is 6.08 Å². The molecule has 0 amide bonds. The van der Waals surface area contributed by atoms with Gasteiger partial charge in [0, 0.05) is 11.6 Å². The third-order valence-electron chi connectivity index (χ3n) is 0.594. The van der Waals surface area contributed by atoms with Crippen molar-refractivity contribution < 1.29 is 9.69 Å². The number of allylic oxidation sites excluding steroid dienone is 2. The quantitative estimate of drug-likeness (QED) is 0.474. The van der Waals surface area contributed by atoms with Gasteiger partial charge in [0.05, 0.1) is 0 Å². The molecule has 1 aliphatic heterocycles. The highest BCUT2D eigenvalue weighted by molar-refractivity contribution is 7.86. The van der Waals surface area contributed by atoms with Crippen LogP contribution in [0.2, 0.25) is 0 Å². The minimum Gasteiger partial charge on any atom is -0.412 e. The summed E-state index contributed by atoms with van der Waals surface area (Å²) in [7, 11) is -0.958. The van der Waals surface area contributed by atoms with E-state index in [9.17, 15) is 4.21 Å². The molecule has 0 fully saturated rings. The Bertz CT molecular complexity index is 141. The Balaban J connectivity index is 0.000000490. The standard InChI is InChI=1S/C4H5NOS.H2O/c6-7-4-2-1-3-5-7;/h1-5H;1H2. The van der Waals surface area contributed by atoms with Gasteiger partial charge in [-0.2, -0.15) is 0 Å². The van der Waals surface area contributed by atoms with Crippen molar-refractivity contribution in [3.05, 3.63) is 23.8 Å². The molecule has 0 aromatic carbocycles. The summed E-state index contributed by atoms with van der Waals surface area (Å²) in [5, 5.41) is 1.58. The molecule has 0 aromatic heterocycles. The summed E-state index contributed by atoms with van der Waals surface area (Å²) in [6.07, 6.45) is 5.18. The van der Waals surface area contributed by atoms with Crippen LogP contribution in [0, 0.1) is 0 Å². The molecule has 1 rings (SSSR count). The second-order valence-electron chi connectivity index (χ2n) is 1.10. The maximum Gasteiger partial charge on any atom is 0.142 e. The van der Waals surface area contributed by atoms with Gasteiger partial charge in [0.15, 0.2) is 0 Å². The maximum atomic E-state index is 10.3. The zero-order chi connectivity index (χ0) is 5.11. The molecule has 46 valence electrons. The molecular weight excluding hydrogens is 126 g/mol. The van der Waals surface area contributed by atoms with Gasteiger partial charge in [-0.25, -0.2) is 4.21 Å². The van der Waals surface area contributed by atoms with Crippen molar-refractivity contribution in [1.29, 1.82) is 0 Å². The summed E-state index contributed by atoms with van der Waals surface area (Å²) in [6, 6.07) is 0. The van der Waals surface area contributed by atoms with E-state index in [1.807, 2.05) is 0 Å². The topological polar surface area (TPSA) is 60.6 Å². The normalized spacial score (nSPS) is 23.8. The first-order valence-electron chi connectivity index (χ1n) is 1.90. The van der Waals surface area contributed by atoms with Crippen LogP contribution in [0.25, 0.3) is 0 Å². The van der Waals surface area contributed by atoms with E-state index in [0.29, 0.717) is 0 Å². The van der Waals surface area contributed by atoms with E-state index in [0.717, 1.165) is 0 Å². The first-order valence-corrected chi connectivity index (χ1v) is 3.11. The van der Waals surface area contributed by atoms with Gasteiger partial charge in [-0.3, -0.25) is 0 Å². The number of rotatable bonds is 0. The van der Waals surface area contributed by atoms with Crippen molar-refractivity contribution in [3.8, 4) is 0 Å². The van der Waals surface area contributed by atoms with Crippen LogP contribution in [0.1, 0.15) is 0 Å². The Morgan fingerprint density at radius 1 is 1.38 bits per heavy atom. The Kier molecular flexibility index (Phi) is 3.14. The predicted molar refractivity (Wildman–Crippen MR) is 33.2 cm³/mol. The van der Waals surface area contributed by atoms with E-state index in [4.69, 9.17) is 0 Å². The molecule has 0 saturated heterocycles. The highest BCUT2D eigenvalue weighted by Gasteiger charge is 1.87. The summed E-state index contributed by atoms with van der Waals surface area (Å²) in [4.78, 5) is 0. The van der Waals surface area contributed by atoms with Crippen LogP contribution in [0.15, 0.2) is 23.8 Å². The molecule has 0 aromatic rings. The molecular formula is C4H7NO2S. The van der Waals surface area contributed by atoms with Crippen LogP contribution in [0.4, 0.5) is 0 Å². The Morgan fingerprint density at radius 2 is 2.12 bits per heavy atom. The van der Waals surface area contributed by atoms with Crippen LogP contribution >= 0.6 is 0 Å². The minimum atomic E-state index is -0.958. The second kappa shape index (κ2) is 3.40. The molecule has 4 heteroatoms. The predicted octanol–water partition coefficient (Wildman–Crippen LogP) is -0.544. The molecule has 0 saturated carbocycles. The van der Waals surface area contributed by atoms with Gasteiger partial charge in [0.2, 0.25) is 0 Å². The fourth-order valence-corrected chi connectivity index (χ4v) is 0.843. The maximum absolute atomic E-state index is 10.3. The van der Waals surface area contributed by atoms with Crippen molar-refractivity contribution in [2.45, 2.75) is 0 Å². The summed E-state index contributed by atoms with van der Waals surface area (Å²) in [5.74, 6) is 0. The molecule has 1 unspecified atom stereocenters. The summed E-state index contributed by atoms with van der Waals surface area (Å²) in [5.41, 5.74) is 0. The largest absolute Gasteiger partial charge is 0.412 e. The van der Waals surface area contributed by atoms with Gasteiger partial charge >= 0.3 is 0 Å². The Hall–Kier alpha value is -0.610. The number of nitrogens with one attached hydrogen (secondary N) is 1. The van der Waals surface area contributed by atoms with Crippen molar-refractivity contribution in [2.75, 3.05) is 0 Å². The molecule has 3 nitrogen and oxygen atoms in total. The SMILES string of the molecule is O.O=S1C=CC=CN1. The summed E-state index contributed by atoms with van der Waals surface area (Å²) >= 11 is 0. The van der Waals surface area contributed by atoms with Gasteiger partial charge in [0.25, 0.3) is 0 Å². The molecule has 0 spiro atoms. The van der Waals surface area contributed by atoms with E-state index in [1.54, 1.807) is 23.8 Å². The van der Waals surface area contributed by atoms with Crippen molar-refractivity contribution >= 4 is 11.0 Å². The van der Waals surface area contributed by atoms with E-state index in [2.05, 4.69) is 4.72 Å². The van der Waals surface area contributed by atoms with Gasteiger partial charge in [-0.15, -0.1) is 0 Å². The number of hydrogen-bond acceptors (Lipinski definition) is 1. The fourth-order valence-electron chi connectivity index (χ4n) is 0.318. The minimum absolute atomic E-state index is 0. The first kappa shape index (κ1) is 7.39. The molecule has 1 aliphatic rings. The van der Waals surface area contributed by atoms with Gasteiger partial charge in [0.1, 0.15) is 11.0 Å². The molecule has 0 bridgehead atoms. The van der Waals surface area contributed by atoms with E-state index in [1.165, 1.54) is 0 Å². The van der Waals surface area contributed by atoms with Crippen molar-refractivity contribution in [2.24, 2.45) is 0 Å². The highest BCUT2D eigenvalue weighted by atomic mass is 32.2. The zero-order valence-corrected chi connectivity index (χ0v) is 4.94. The van der Waals surface area contributed by atoms with Crippen LogP contribution in [-0.4, -0.2) is 9.69 Å². The number of hydrogen-bond donors (Lipinski definition) is 1. The Morgan fingerprint density at radius 3 is 2.38 bits per heavy atom. The molecule has 0 radical (unpaired) electrons. The molecule has 0 aliphatic carbocycles. The third-order valence-corrected chi connectivity index (χ3v) is 1.37. The van der Waals surface area contributed by atoms with E-state index in [-0.39, 0.29) is 5.48 Å². The first-order chi connectivity index (χ1) is 3.39. The van der Waals surface area contributed by atoms with Gasteiger partial charge < -0.3 is 10.2 Å². The average molecular weight is 133 g/mol. The fraction of sp³-hybridized carbons (Fsp3) is 0. The van der Waals surface area contributed by atoms with Crippen molar-refractivity contribution in [1.82, 2.24) is 4.72 Å². The summed E-state index contributed by atoms with van der Waals surface area (Å²) in [6.45, 7) is 0. The van der Waals surface area contributed by atoms with Crippen molar-refractivity contribution in [3.63, 3.8) is 0 Å². The van der Waals surface area contributed by atoms with E-state index < -0.39 is 11.0 Å². The van der Waals surface area contributed by atoms with Crippen LogP contribution in [0.3, 0.4) is 0 Å². The Labute approximate surface area is 50.0 Å².